The number of carbonyl (C=O) groups is 1. The van der Waals surface area contributed by atoms with E-state index in [1.165, 1.54) is 11.1 Å². The predicted molar refractivity (Wildman–Crippen MR) is 85.6 cm³/mol. The Hall–Kier alpha value is -0.870. The monoisotopic (exact) mass is 338 g/mol. The first-order valence-electron chi connectivity index (χ1n) is 7.13. The molecule has 0 aromatic heterocycles. The summed E-state index contributed by atoms with van der Waals surface area (Å²) < 4.78 is 1.06. The zero-order valence-corrected chi connectivity index (χ0v) is 14.0. The predicted octanol–water partition coefficient (Wildman–Crippen LogP) is 3.03. The molecule has 2 N–H and O–H groups in total. The molecule has 1 fully saturated rings. The maximum atomic E-state index is 12.4. The second-order valence-corrected chi connectivity index (χ2v) is 7.08. The second-order valence-electron chi connectivity index (χ2n) is 6.17. The fourth-order valence-corrected chi connectivity index (χ4v) is 3.25. The van der Waals surface area contributed by atoms with E-state index in [4.69, 9.17) is 5.73 Å². The molecule has 1 heterocycles. The Kier molecular flexibility index (Phi) is 4.55. The number of hydrogen-bond acceptors (Lipinski definition) is 2. The molecule has 1 atom stereocenters. The fourth-order valence-electron chi connectivity index (χ4n) is 2.84. The van der Waals surface area contributed by atoms with Crippen LogP contribution in [-0.4, -0.2) is 28.9 Å². The molecule has 1 amide bonds. The summed E-state index contributed by atoms with van der Waals surface area (Å²) >= 11 is 3.48. The largest absolute Gasteiger partial charge is 0.336 e. The van der Waals surface area contributed by atoms with Crippen LogP contribution in [0, 0.1) is 6.92 Å². The highest BCUT2D eigenvalue weighted by Crippen LogP contribution is 2.28. The number of hydrogen-bond donors (Lipinski definition) is 1. The molecule has 0 aliphatic carbocycles. The number of likely N-dealkylation sites (tertiary alicyclic amines) is 1. The third-order valence-electron chi connectivity index (χ3n) is 4.49. The van der Waals surface area contributed by atoms with Crippen molar-refractivity contribution in [2.24, 2.45) is 5.73 Å². The minimum Gasteiger partial charge on any atom is -0.336 e. The molecule has 1 aromatic rings. The van der Waals surface area contributed by atoms with E-state index >= 15 is 0 Å². The average molecular weight is 339 g/mol. The Labute approximate surface area is 129 Å². The Morgan fingerprint density at radius 2 is 2.20 bits per heavy atom. The van der Waals surface area contributed by atoms with E-state index in [9.17, 15) is 4.79 Å². The number of nitrogens with zero attached hydrogens (tertiary/aromatic N) is 1. The summed E-state index contributed by atoms with van der Waals surface area (Å²) in [5.41, 5.74) is 8.34. The van der Waals surface area contributed by atoms with Crippen molar-refractivity contribution in [2.45, 2.75) is 51.6 Å². The molecular weight excluding hydrogens is 316 g/mol. The van der Waals surface area contributed by atoms with Crippen molar-refractivity contribution in [3.05, 3.63) is 33.8 Å². The van der Waals surface area contributed by atoms with Crippen LogP contribution in [0.3, 0.4) is 0 Å². The Morgan fingerprint density at radius 3 is 2.80 bits per heavy atom. The lowest BCUT2D eigenvalue weighted by Crippen LogP contribution is -2.51. The van der Waals surface area contributed by atoms with Crippen molar-refractivity contribution < 1.29 is 4.79 Å². The van der Waals surface area contributed by atoms with Crippen LogP contribution in [0.1, 0.15) is 37.8 Å². The molecular formula is C16H23BrN2O. The first kappa shape index (κ1) is 15.5. The van der Waals surface area contributed by atoms with Gasteiger partial charge in [0, 0.05) is 23.5 Å². The van der Waals surface area contributed by atoms with E-state index in [-0.39, 0.29) is 17.5 Å². The van der Waals surface area contributed by atoms with Gasteiger partial charge in [-0.05, 0) is 56.9 Å². The van der Waals surface area contributed by atoms with Gasteiger partial charge in [-0.25, -0.2) is 0 Å². The molecule has 1 saturated heterocycles. The topological polar surface area (TPSA) is 46.3 Å². The lowest BCUT2D eigenvalue weighted by molar-refractivity contribution is -0.134. The highest BCUT2D eigenvalue weighted by molar-refractivity contribution is 9.10. The normalized spacial score (nSPS) is 21.2. The summed E-state index contributed by atoms with van der Waals surface area (Å²) in [5, 5.41) is 0. The Balaban J connectivity index is 2.01. The molecule has 20 heavy (non-hydrogen) atoms. The summed E-state index contributed by atoms with van der Waals surface area (Å²) in [6.45, 7) is 6.99. The number of halogens is 1. The van der Waals surface area contributed by atoms with Gasteiger partial charge >= 0.3 is 0 Å². The van der Waals surface area contributed by atoms with Crippen LogP contribution in [0.15, 0.2) is 22.7 Å². The van der Waals surface area contributed by atoms with E-state index in [1.807, 2.05) is 11.0 Å². The molecule has 4 heteroatoms. The maximum Gasteiger partial charge on any atom is 0.223 e. The van der Waals surface area contributed by atoms with Crippen molar-refractivity contribution in [2.75, 3.05) is 6.54 Å². The number of carbonyl (C=O) groups excluding carboxylic acids is 1. The van der Waals surface area contributed by atoms with Gasteiger partial charge in [0.05, 0.1) is 5.54 Å². The number of nitrogens with two attached hydrogens (primary N) is 1. The van der Waals surface area contributed by atoms with Crippen LogP contribution in [-0.2, 0) is 11.2 Å². The van der Waals surface area contributed by atoms with Gasteiger partial charge in [-0.1, -0.05) is 22.0 Å². The smallest absolute Gasteiger partial charge is 0.223 e. The highest BCUT2D eigenvalue weighted by Gasteiger charge is 2.41. The first-order chi connectivity index (χ1) is 9.32. The summed E-state index contributed by atoms with van der Waals surface area (Å²) in [4.78, 5) is 14.4. The van der Waals surface area contributed by atoms with E-state index in [1.54, 1.807) is 0 Å². The van der Waals surface area contributed by atoms with Crippen molar-refractivity contribution in [3.8, 4) is 0 Å². The summed E-state index contributed by atoms with van der Waals surface area (Å²) in [6.07, 6.45) is 2.23. The SMILES string of the molecule is Cc1ccc(Br)cc1CCC(=O)N1CCC(N)C1(C)C. The second kappa shape index (κ2) is 5.86. The Bertz CT molecular complexity index is 513. The van der Waals surface area contributed by atoms with Gasteiger partial charge in [0.25, 0.3) is 0 Å². The van der Waals surface area contributed by atoms with Gasteiger partial charge in [0.15, 0.2) is 0 Å². The van der Waals surface area contributed by atoms with Gasteiger partial charge in [0.2, 0.25) is 5.91 Å². The minimum absolute atomic E-state index is 0.0825. The molecule has 1 aliphatic heterocycles. The van der Waals surface area contributed by atoms with Gasteiger partial charge in [-0.2, -0.15) is 0 Å². The molecule has 1 unspecified atom stereocenters. The standard InChI is InChI=1S/C16H23BrN2O/c1-11-4-6-13(17)10-12(11)5-7-15(20)19-9-8-14(18)16(19,2)3/h4,6,10,14H,5,7-9,18H2,1-3H3. The van der Waals surface area contributed by atoms with Crippen LogP contribution >= 0.6 is 15.9 Å². The highest BCUT2D eigenvalue weighted by atomic mass is 79.9. The van der Waals surface area contributed by atoms with Crippen LogP contribution in [0.4, 0.5) is 0 Å². The van der Waals surface area contributed by atoms with Crippen molar-refractivity contribution >= 4 is 21.8 Å². The third kappa shape index (κ3) is 3.07. The number of rotatable bonds is 3. The lowest BCUT2D eigenvalue weighted by atomic mass is 9.96. The fraction of sp³-hybridized carbons (Fsp3) is 0.562. The zero-order valence-electron chi connectivity index (χ0n) is 12.4. The van der Waals surface area contributed by atoms with Crippen molar-refractivity contribution in [1.29, 1.82) is 0 Å². The van der Waals surface area contributed by atoms with E-state index in [0.29, 0.717) is 6.42 Å². The van der Waals surface area contributed by atoms with Crippen molar-refractivity contribution in [1.82, 2.24) is 4.90 Å². The molecule has 2 rings (SSSR count). The van der Waals surface area contributed by atoms with Gasteiger partial charge in [-0.15, -0.1) is 0 Å². The van der Waals surface area contributed by atoms with Crippen molar-refractivity contribution in [3.63, 3.8) is 0 Å². The third-order valence-corrected chi connectivity index (χ3v) is 4.98. The number of benzene rings is 1. The minimum atomic E-state index is -0.219. The van der Waals surface area contributed by atoms with Gasteiger partial charge < -0.3 is 10.6 Å². The average Bonchev–Trinajstić information content (AvgIpc) is 2.65. The molecule has 0 bridgehead atoms. The van der Waals surface area contributed by atoms with Crippen LogP contribution in [0.2, 0.25) is 0 Å². The maximum absolute atomic E-state index is 12.4. The lowest BCUT2D eigenvalue weighted by Gasteiger charge is -2.34. The van der Waals surface area contributed by atoms with Crippen LogP contribution < -0.4 is 5.73 Å². The molecule has 3 nitrogen and oxygen atoms in total. The number of amides is 1. The molecule has 1 aliphatic rings. The molecule has 0 saturated carbocycles. The Morgan fingerprint density at radius 1 is 1.50 bits per heavy atom. The summed E-state index contributed by atoms with van der Waals surface area (Å²) in [7, 11) is 0. The molecule has 0 radical (unpaired) electrons. The van der Waals surface area contributed by atoms with Crippen LogP contribution in [0.5, 0.6) is 0 Å². The van der Waals surface area contributed by atoms with Gasteiger partial charge in [-0.3, -0.25) is 4.79 Å². The number of aryl methyl sites for hydroxylation is 2. The quantitative estimate of drug-likeness (QED) is 0.920. The first-order valence-corrected chi connectivity index (χ1v) is 7.92. The molecule has 0 spiro atoms. The van der Waals surface area contributed by atoms with Crippen LogP contribution in [0.25, 0.3) is 0 Å². The molecule has 1 aromatic carbocycles. The zero-order chi connectivity index (χ0) is 14.9. The molecule has 110 valence electrons. The van der Waals surface area contributed by atoms with Gasteiger partial charge in [0.1, 0.15) is 0 Å². The summed E-state index contributed by atoms with van der Waals surface area (Å²) in [6, 6.07) is 6.30. The summed E-state index contributed by atoms with van der Waals surface area (Å²) in [5.74, 6) is 0.210. The van der Waals surface area contributed by atoms with E-state index < -0.39 is 0 Å². The van der Waals surface area contributed by atoms with E-state index in [2.05, 4.69) is 48.8 Å². The van der Waals surface area contributed by atoms with E-state index in [0.717, 1.165) is 23.9 Å².